The molecule has 206 valence electrons. The molecule has 2 fully saturated rings. The Morgan fingerprint density at radius 2 is 1.61 bits per heavy atom. The number of rotatable bonds is 11. The molecule has 0 heterocycles. The van der Waals surface area contributed by atoms with Crippen LogP contribution in [0.3, 0.4) is 0 Å². The molecule has 2 saturated carbocycles. The number of ketones is 1. The van der Waals surface area contributed by atoms with E-state index in [0.717, 1.165) is 44.1 Å². The smallest absolute Gasteiger partial charge is 0.193 e. The van der Waals surface area contributed by atoms with Crippen LogP contribution in [0.15, 0.2) is 37.0 Å². The molecular weight excluding hydrogens is 477 g/mol. The molecule has 36 heavy (non-hydrogen) atoms. The fraction of sp³-hybridized carbons (Fsp3) is 0.774. The highest BCUT2D eigenvalue weighted by Crippen LogP contribution is 2.51. The summed E-state index contributed by atoms with van der Waals surface area (Å²) in [7, 11) is -3.93. The third-order valence-electron chi connectivity index (χ3n) is 9.76. The molecule has 0 radical (unpaired) electrons. The minimum atomic E-state index is -1.98. The topological polar surface area (TPSA) is 35.5 Å². The fourth-order valence-electron chi connectivity index (χ4n) is 5.29. The Balaban J connectivity index is 2.34. The summed E-state index contributed by atoms with van der Waals surface area (Å²) in [5, 5.41) is 0.282. The molecule has 0 bridgehead atoms. The second-order valence-electron chi connectivity index (χ2n) is 14.5. The van der Waals surface area contributed by atoms with Crippen molar-refractivity contribution in [3.05, 3.63) is 37.0 Å². The zero-order chi connectivity index (χ0) is 27.7. The van der Waals surface area contributed by atoms with E-state index in [1.807, 2.05) is 0 Å². The van der Waals surface area contributed by atoms with Gasteiger partial charge in [0.15, 0.2) is 22.4 Å². The van der Waals surface area contributed by atoms with Crippen LogP contribution in [0.5, 0.6) is 0 Å². The van der Waals surface area contributed by atoms with Gasteiger partial charge in [-0.1, -0.05) is 86.1 Å². The molecule has 0 aromatic heterocycles. The first-order valence-corrected chi connectivity index (χ1v) is 20.0. The van der Waals surface area contributed by atoms with Crippen molar-refractivity contribution in [2.24, 2.45) is 17.8 Å². The van der Waals surface area contributed by atoms with Crippen molar-refractivity contribution < 1.29 is 13.6 Å². The highest BCUT2D eigenvalue weighted by molar-refractivity contribution is 6.74. The summed E-state index contributed by atoms with van der Waals surface area (Å²) in [5.41, 5.74) is 0.456. The van der Waals surface area contributed by atoms with Crippen LogP contribution >= 0.6 is 0 Å². The molecule has 0 spiro atoms. The molecule has 2 aliphatic rings. The quantitative estimate of drug-likeness (QED) is 0.151. The van der Waals surface area contributed by atoms with Crippen molar-refractivity contribution in [2.45, 2.75) is 135 Å². The molecule has 2 aliphatic carbocycles. The lowest BCUT2D eigenvalue weighted by Gasteiger charge is -2.44. The van der Waals surface area contributed by atoms with E-state index in [4.69, 9.17) is 8.85 Å². The molecule has 0 aromatic carbocycles. The third kappa shape index (κ3) is 6.81. The number of allylic oxidation sites excluding steroid dienone is 1. The van der Waals surface area contributed by atoms with Gasteiger partial charge in [-0.2, -0.15) is 0 Å². The lowest BCUT2D eigenvalue weighted by molar-refractivity contribution is -0.118. The van der Waals surface area contributed by atoms with E-state index in [1.54, 1.807) is 0 Å². The van der Waals surface area contributed by atoms with E-state index in [-0.39, 0.29) is 39.4 Å². The highest BCUT2D eigenvalue weighted by atomic mass is 28.4. The molecule has 1 unspecified atom stereocenters. The second-order valence-corrected chi connectivity index (χ2v) is 24.0. The normalized spacial score (nSPS) is 27.5. The largest absolute Gasteiger partial charge is 0.413 e. The first-order chi connectivity index (χ1) is 16.3. The van der Waals surface area contributed by atoms with Gasteiger partial charge in [-0.3, -0.25) is 4.79 Å². The van der Waals surface area contributed by atoms with Crippen molar-refractivity contribution in [3.63, 3.8) is 0 Å². The standard InChI is InChI=1S/C31H56O3Si2/c1-14-16-19-31(15-2,34-36(12,13)30(7,8)9)20-17-18-24-25-21-23(3)28(32)26(25)22-27(24)33-35(10,11)29(4,5)6/h15,17-18,24-27H,2-3,14,16,19-22H2,1,4-13H3/b18-17+/t24-,25-,26-,27+,31?/m0/s1. The van der Waals surface area contributed by atoms with E-state index in [2.05, 4.69) is 106 Å². The van der Waals surface area contributed by atoms with Gasteiger partial charge in [0.1, 0.15) is 0 Å². The van der Waals surface area contributed by atoms with Crippen molar-refractivity contribution in [1.82, 2.24) is 0 Å². The number of carbonyl (C=O) groups is 1. The molecule has 0 saturated heterocycles. The summed E-state index contributed by atoms with van der Waals surface area (Å²) >= 11 is 0. The maximum absolute atomic E-state index is 12.9. The SMILES string of the molecule is C=CC(C/C=C/[C@H]1[C@@H]2CC(=C)C(=O)[C@H]2C[C@H]1O[Si](C)(C)C(C)(C)C)(CCCC)O[Si](C)(C)C(C)(C)C. The Kier molecular flexibility index (Phi) is 9.75. The Labute approximate surface area is 225 Å². The monoisotopic (exact) mass is 532 g/mol. The molecule has 0 aromatic rings. The Morgan fingerprint density at radius 3 is 2.11 bits per heavy atom. The zero-order valence-corrected chi connectivity index (χ0v) is 27.4. The Hall–Kier alpha value is -0.756. The molecule has 0 amide bonds. The summed E-state index contributed by atoms with van der Waals surface area (Å²) < 4.78 is 14.0. The van der Waals surface area contributed by atoms with Gasteiger partial charge < -0.3 is 8.85 Å². The minimum Gasteiger partial charge on any atom is -0.413 e. The van der Waals surface area contributed by atoms with Crippen LogP contribution in [0.2, 0.25) is 36.3 Å². The number of unbranched alkanes of at least 4 members (excludes halogenated alkanes) is 1. The third-order valence-corrected chi connectivity index (χ3v) is 18.8. The molecular formula is C31H56O3Si2. The number of fused-ring (bicyclic) bond motifs is 1. The summed E-state index contributed by atoms with van der Waals surface area (Å²) in [4.78, 5) is 12.9. The van der Waals surface area contributed by atoms with Gasteiger partial charge in [0, 0.05) is 11.8 Å². The van der Waals surface area contributed by atoms with Crippen LogP contribution in [0.1, 0.15) is 87.0 Å². The van der Waals surface area contributed by atoms with Gasteiger partial charge in [0.05, 0.1) is 11.7 Å². The summed E-state index contributed by atoms with van der Waals surface area (Å²) in [6.45, 7) is 33.7. The fourth-order valence-corrected chi connectivity index (χ4v) is 8.24. The number of hydrogen-bond acceptors (Lipinski definition) is 3. The van der Waals surface area contributed by atoms with Crippen molar-refractivity contribution >= 4 is 22.4 Å². The summed E-state index contributed by atoms with van der Waals surface area (Å²) in [6, 6.07) is 0. The lowest BCUT2D eigenvalue weighted by Crippen LogP contribution is -2.49. The number of Topliss-reactive ketones (excluding diaryl/α,β-unsaturated/α-hetero) is 1. The first kappa shape index (κ1) is 31.5. The van der Waals surface area contributed by atoms with Crippen LogP contribution in [-0.4, -0.2) is 34.1 Å². The molecule has 0 aliphatic heterocycles. The van der Waals surface area contributed by atoms with Crippen molar-refractivity contribution in [1.29, 1.82) is 0 Å². The molecule has 0 N–H and O–H groups in total. The van der Waals surface area contributed by atoms with Crippen LogP contribution < -0.4 is 0 Å². The van der Waals surface area contributed by atoms with Crippen LogP contribution in [0.25, 0.3) is 0 Å². The predicted octanol–water partition coefficient (Wildman–Crippen LogP) is 9.24. The van der Waals surface area contributed by atoms with Crippen LogP contribution in [0.4, 0.5) is 0 Å². The van der Waals surface area contributed by atoms with Gasteiger partial charge in [-0.15, -0.1) is 6.58 Å². The average Bonchev–Trinajstić information content (AvgIpc) is 3.19. The number of carbonyl (C=O) groups excluding carboxylic acids is 1. The molecule has 3 nitrogen and oxygen atoms in total. The van der Waals surface area contributed by atoms with Gasteiger partial charge in [0.25, 0.3) is 0 Å². The van der Waals surface area contributed by atoms with Gasteiger partial charge >= 0.3 is 0 Å². The average molecular weight is 533 g/mol. The minimum absolute atomic E-state index is 0.0645. The first-order valence-electron chi connectivity index (χ1n) is 14.2. The van der Waals surface area contributed by atoms with Gasteiger partial charge in [0.2, 0.25) is 0 Å². The van der Waals surface area contributed by atoms with Crippen LogP contribution in [0, 0.1) is 17.8 Å². The van der Waals surface area contributed by atoms with Gasteiger partial charge in [-0.25, -0.2) is 0 Å². The maximum atomic E-state index is 12.9. The van der Waals surface area contributed by atoms with Gasteiger partial charge in [-0.05, 0) is 73.4 Å². The van der Waals surface area contributed by atoms with E-state index in [9.17, 15) is 4.79 Å². The molecule has 2 rings (SSSR count). The van der Waals surface area contributed by atoms with E-state index >= 15 is 0 Å². The Bertz CT molecular complexity index is 843. The second kappa shape index (κ2) is 11.2. The van der Waals surface area contributed by atoms with Crippen molar-refractivity contribution in [3.8, 4) is 0 Å². The Morgan fingerprint density at radius 1 is 1.03 bits per heavy atom. The highest BCUT2D eigenvalue weighted by Gasteiger charge is 2.53. The summed E-state index contributed by atoms with van der Waals surface area (Å²) in [5.74, 6) is 0.888. The maximum Gasteiger partial charge on any atom is 0.193 e. The van der Waals surface area contributed by atoms with E-state index in [0.29, 0.717) is 5.92 Å². The van der Waals surface area contributed by atoms with Crippen molar-refractivity contribution in [2.75, 3.05) is 0 Å². The predicted molar refractivity (Wildman–Crippen MR) is 160 cm³/mol. The zero-order valence-electron chi connectivity index (χ0n) is 25.4. The lowest BCUT2D eigenvalue weighted by atomic mass is 9.88. The van der Waals surface area contributed by atoms with E-state index in [1.165, 1.54) is 0 Å². The van der Waals surface area contributed by atoms with Crippen LogP contribution in [-0.2, 0) is 13.6 Å². The summed E-state index contributed by atoms with van der Waals surface area (Å²) in [6.07, 6.45) is 12.6. The molecule has 5 heteroatoms. The van der Waals surface area contributed by atoms with E-state index < -0.39 is 16.6 Å². The molecule has 5 atom stereocenters. The number of hydrogen-bond donors (Lipinski definition) is 0.